The predicted molar refractivity (Wildman–Crippen MR) is 22.5 cm³/mol. The van der Waals surface area contributed by atoms with Gasteiger partial charge in [0.2, 0.25) is 0 Å². The number of hydrogen-bond acceptors (Lipinski definition) is 2. The van der Waals surface area contributed by atoms with Gasteiger partial charge in [-0.15, -0.1) is 0 Å². The molecule has 0 aromatic carbocycles. The van der Waals surface area contributed by atoms with Crippen LogP contribution in [-0.2, 0) is 0 Å². The highest BCUT2D eigenvalue weighted by atomic mass is 14.5. The van der Waals surface area contributed by atoms with Crippen molar-refractivity contribution in [3.8, 4) is 0 Å². The van der Waals surface area contributed by atoms with Gasteiger partial charge in [-0.3, -0.25) is 0 Å². The molecule has 2 heteroatoms. The van der Waals surface area contributed by atoms with E-state index >= 15 is 0 Å². The van der Waals surface area contributed by atoms with Crippen LogP contribution in [0.1, 0.15) is 6.42 Å². The Morgan fingerprint density at radius 3 is 2.40 bits per heavy atom. The third-order valence-electron chi connectivity index (χ3n) is 0.311. The molecule has 0 unspecified atom stereocenters. The average Bonchev–Trinajstić information content (AvgIpc) is 1.41. The highest BCUT2D eigenvalue weighted by Gasteiger charge is 1.62. The first-order valence-corrected chi connectivity index (χ1v) is 1.61. The van der Waals surface area contributed by atoms with Gasteiger partial charge in [0, 0.05) is 0 Å². The molecule has 0 rings (SSSR count). The van der Waals surface area contributed by atoms with Crippen LogP contribution in [0.2, 0.25) is 0 Å². The summed E-state index contributed by atoms with van der Waals surface area (Å²) >= 11 is 0. The molecule has 0 fully saturated rings. The topological polar surface area (TPSA) is 49.9 Å². The van der Waals surface area contributed by atoms with E-state index in [0.717, 1.165) is 0 Å². The van der Waals surface area contributed by atoms with E-state index < -0.39 is 0 Å². The largest absolute Gasteiger partial charge is 0.330 e. The van der Waals surface area contributed by atoms with Crippen molar-refractivity contribution >= 4 is 6.21 Å². The summed E-state index contributed by atoms with van der Waals surface area (Å²) in [5, 5.41) is 6.40. The Labute approximate surface area is 31.5 Å². The van der Waals surface area contributed by atoms with Crippen molar-refractivity contribution in [2.24, 2.45) is 5.73 Å². The maximum absolute atomic E-state index is 6.40. The fourth-order valence-electron chi connectivity index (χ4n) is 0.0833. The normalized spacial score (nSPS) is 7.40. The van der Waals surface area contributed by atoms with E-state index in [1.54, 1.807) is 0 Å². The van der Waals surface area contributed by atoms with Crippen LogP contribution in [0, 0.1) is 5.41 Å². The van der Waals surface area contributed by atoms with Crippen molar-refractivity contribution in [2.75, 3.05) is 6.54 Å². The number of nitrogens with two attached hydrogens (primary N) is 1. The lowest BCUT2D eigenvalue weighted by molar-refractivity contribution is 1.05. The smallest absolute Gasteiger partial charge is 0.00279 e. The maximum Gasteiger partial charge on any atom is -0.00279 e. The van der Waals surface area contributed by atoms with Crippen molar-refractivity contribution in [1.29, 1.82) is 5.41 Å². The fourth-order valence-corrected chi connectivity index (χ4v) is 0.0833. The van der Waals surface area contributed by atoms with Gasteiger partial charge in [-0.1, -0.05) is 0 Å². The molecule has 0 aliphatic carbocycles. The van der Waals surface area contributed by atoms with E-state index in [-0.39, 0.29) is 0 Å². The van der Waals surface area contributed by atoms with Crippen molar-refractivity contribution in [3.63, 3.8) is 0 Å². The van der Waals surface area contributed by atoms with E-state index in [0.29, 0.717) is 13.0 Å². The predicted octanol–water partition coefficient (Wildman–Crippen LogP) is -0.0152. The molecule has 0 atom stereocenters. The van der Waals surface area contributed by atoms with Gasteiger partial charge in [0.15, 0.2) is 0 Å². The minimum absolute atomic E-state index is 0.601. The fraction of sp³-hybridized carbons (Fsp3) is 0.667. The zero-order valence-electron chi connectivity index (χ0n) is 3.07. The molecule has 3 N–H and O–H groups in total. The van der Waals surface area contributed by atoms with Crippen LogP contribution in [0.4, 0.5) is 0 Å². The molecule has 0 saturated heterocycles. The Morgan fingerprint density at radius 1 is 1.80 bits per heavy atom. The Balaban J connectivity index is 2.40. The second kappa shape index (κ2) is 3.63. The van der Waals surface area contributed by atoms with Gasteiger partial charge in [-0.25, -0.2) is 0 Å². The molecular weight excluding hydrogens is 64.0 g/mol. The highest BCUT2D eigenvalue weighted by Crippen LogP contribution is 1.55. The van der Waals surface area contributed by atoms with Gasteiger partial charge in [0.05, 0.1) is 0 Å². The molecule has 0 bridgehead atoms. The molecule has 0 aromatic rings. The first-order chi connectivity index (χ1) is 2.41. The molecule has 0 radical (unpaired) electrons. The summed E-state index contributed by atoms with van der Waals surface area (Å²) in [6.07, 6.45) is 2.01. The van der Waals surface area contributed by atoms with Crippen molar-refractivity contribution in [2.45, 2.75) is 6.42 Å². The monoisotopic (exact) mass is 72.1 g/mol. The summed E-state index contributed by atoms with van der Waals surface area (Å²) in [5.41, 5.74) is 4.99. The van der Waals surface area contributed by atoms with Gasteiger partial charge >= 0.3 is 0 Å². The Morgan fingerprint density at radius 2 is 2.40 bits per heavy atom. The minimum atomic E-state index is 0.601. The van der Waals surface area contributed by atoms with Crippen LogP contribution < -0.4 is 5.73 Å². The van der Waals surface area contributed by atoms with Crippen molar-refractivity contribution < 1.29 is 0 Å². The summed E-state index contributed by atoms with van der Waals surface area (Å²) in [4.78, 5) is 0. The van der Waals surface area contributed by atoms with Crippen LogP contribution in [0.5, 0.6) is 0 Å². The lowest BCUT2D eigenvalue weighted by Gasteiger charge is -1.73. The number of rotatable bonds is 2. The molecule has 0 aliphatic heterocycles. The quantitative estimate of drug-likeness (QED) is 0.443. The van der Waals surface area contributed by atoms with Crippen molar-refractivity contribution in [1.82, 2.24) is 0 Å². The van der Waals surface area contributed by atoms with Crippen LogP contribution in [0.15, 0.2) is 0 Å². The average molecular weight is 72.1 g/mol. The first-order valence-electron chi connectivity index (χ1n) is 1.61. The van der Waals surface area contributed by atoms with E-state index in [4.69, 9.17) is 11.1 Å². The van der Waals surface area contributed by atoms with Gasteiger partial charge in [-0.2, -0.15) is 0 Å². The minimum Gasteiger partial charge on any atom is -0.330 e. The van der Waals surface area contributed by atoms with Gasteiger partial charge in [0.1, 0.15) is 0 Å². The van der Waals surface area contributed by atoms with E-state index in [1.165, 1.54) is 6.21 Å². The molecule has 0 amide bonds. The molecule has 2 nitrogen and oxygen atoms in total. The standard InChI is InChI=1S/C3H8N2/c4-2-1-3-5/h2,4H,1,3,5H2. The molecule has 0 aromatic heterocycles. The van der Waals surface area contributed by atoms with Gasteiger partial charge in [0.25, 0.3) is 0 Å². The van der Waals surface area contributed by atoms with Crippen LogP contribution in [0.3, 0.4) is 0 Å². The van der Waals surface area contributed by atoms with E-state index in [9.17, 15) is 0 Å². The summed E-state index contributed by atoms with van der Waals surface area (Å²) in [6, 6.07) is 0. The molecule has 5 heavy (non-hydrogen) atoms. The van der Waals surface area contributed by atoms with Gasteiger partial charge < -0.3 is 11.1 Å². The SMILES string of the molecule is N=CCCN. The third-order valence-corrected chi connectivity index (χ3v) is 0.311. The summed E-state index contributed by atoms with van der Waals surface area (Å²) in [6.45, 7) is 0.601. The van der Waals surface area contributed by atoms with Gasteiger partial charge in [-0.05, 0) is 19.2 Å². The molecule has 0 heterocycles. The summed E-state index contributed by atoms with van der Waals surface area (Å²) in [7, 11) is 0. The lowest BCUT2D eigenvalue weighted by Crippen LogP contribution is -1.97. The second-order valence-corrected chi connectivity index (χ2v) is 0.781. The Bertz CT molecular complexity index is 26.1. The second-order valence-electron chi connectivity index (χ2n) is 0.781. The molecule has 0 spiro atoms. The maximum atomic E-state index is 6.40. The number of nitrogens with one attached hydrogen (secondary N) is 1. The summed E-state index contributed by atoms with van der Waals surface area (Å²) < 4.78 is 0. The lowest BCUT2D eigenvalue weighted by atomic mass is 10.5. The zero-order chi connectivity index (χ0) is 4.12. The van der Waals surface area contributed by atoms with E-state index in [1.807, 2.05) is 0 Å². The highest BCUT2D eigenvalue weighted by molar-refractivity contribution is 5.52. The first kappa shape index (κ1) is 4.63. The van der Waals surface area contributed by atoms with Crippen LogP contribution in [-0.4, -0.2) is 12.8 Å². The van der Waals surface area contributed by atoms with E-state index in [2.05, 4.69) is 0 Å². The molecule has 30 valence electrons. The van der Waals surface area contributed by atoms with Crippen LogP contribution >= 0.6 is 0 Å². The molecule has 0 aliphatic rings. The number of hydrogen-bond donors (Lipinski definition) is 2. The summed E-state index contributed by atoms with van der Waals surface area (Å²) in [5.74, 6) is 0. The molecular formula is C3H8N2. The molecule has 0 saturated carbocycles. The Kier molecular flexibility index (Phi) is 3.36. The zero-order valence-corrected chi connectivity index (χ0v) is 3.07. The van der Waals surface area contributed by atoms with Crippen LogP contribution in [0.25, 0.3) is 0 Å². The third kappa shape index (κ3) is 3.63. The van der Waals surface area contributed by atoms with Crippen molar-refractivity contribution in [3.05, 3.63) is 0 Å². The Hall–Kier alpha value is -0.370.